The van der Waals surface area contributed by atoms with Gasteiger partial charge in [0.05, 0.1) is 0 Å². The molecule has 0 aromatic carbocycles. The first-order valence-corrected chi connectivity index (χ1v) is 5.72. The van der Waals surface area contributed by atoms with Gasteiger partial charge in [-0.05, 0) is 36.1 Å². The first-order valence-electron chi connectivity index (χ1n) is 5.72. The van der Waals surface area contributed by atoms with Crippen molar-refractivity contribution < 1.29 is 4.79 Å². The number of nitrogens with zero attached hydrogens (tertiary/aromatic N) is 4. The number of hydrogen-bond acceptors (Lipinski definition) is 5. The number of nitrogen functional groups attached to an aromatic ring is 1. The van der Waals surface area contributed by atoms with Crippen molar-refractivity contribution in [3.63, 3.8) is 0 Å². The third-order valence-electron chi connectivity index (χ3n) is 2.75. The highest BCUT2D eigenvalue weighted by Crippen LogP contribution is 2.16. The van der Waals surface area contributed by atoms with E-state index in [0.717, 1.165) is 12.8 Å². The Hall–Kier alpha value is -1.92. The summed E-state index contributed by atoms with van der Waals surface area (Å²) >= 11 is 0. The number of carbonyl (C=O) groups is 1. The summed E-state index contributed by atoms with van der Waals surface area (Å²) in [7, 11) is 0. The molecule has 0 radical (unpaired) electrons. The predicted molar refractivity (Wildman–Crippen MR) is 61.8 cm³/mol. The van der Waals surface area contributed by atoms with Crippen molar-refractivity contribution in [2.75, 3.05) is 12.3 Å². The van der Waals surface area contributed by atoms with Crippen LogP contribution in [-0.2, 0) is 11.3 Å². The van der Waals surface area contributed by atoms with E-state index >= 15 is 0 Å². The van der Waals surface area contributed by atoms with E-state index in [1.54, 1.807) is 0 Å². The number of aromatic nitrogens is 4. The van der Waals surface area contributed by atoms with Gasteiger partial charge >= 0.3 is 0 Å². The zero-order valence-electron chi connectivity index (χ0n) is 9.59. The Balaban J connectivity index is 1.78. The Kier molecular flexibility index (Phi) is 3.69. The van der Waals surface area contributed by atoms with E-state index in [2.05, 4.69) is 26.9 Å². The fourth-order valence-corrected chi connectivity index (χ4v) is 1.79. The minimum absolute atomic E-state index is 0.0616. The molecule has 2 rings (SSSR count). The van der Waals surface area contributed by atoms with Crippen LogP contribution in [0.1, 0.15) is 25.7 Å². The van der Waals surface area contributed by atoms with Crippen LogP contribution in [0.5, 0.6) is 0 Å². The summed E-state index contributed by atoms with van der Waals surface area (Å²) in [6.07, 6.45) is 6.86. The zero-order valence-corrected chi connectivity index (χ0v) is 9.59. The van der Waals surface area contributed by atoms with Gasteiger partial charge in [-0.25, -0.2) is 4.68 Å². The highest BCUT2D eigenvalue weighted by molar-refractivity contribution is 5.76. The van der Waals surface area contributed by atoms with E-state index in [9.17, 15) is 4.79 Å². The number of tetrazole rings is 1. The van der Waals surface area contributed by atoms with E-state index in [0.29, 0.717) is 6.54 Å². The quantitative estimate of drug-likeness (QED) is 0.710. The minimum atomic E-state index is -0.129. The molecule has 0 saturated carbocycles. The lowest BCUT2D eigenvalue weighted by Crippen LogP contribution is -2.30. The molecule has 1 amide bonds. The summed E-state index contributed by atoms with van der Waals surface area (Å²) < 4.78 is 1.27. The Bertz CT molecular complexity index is 424. The molecule has 0 aliphatic heterocycles. The molecule has 0 fully saturated rings. The fourth-order valence-electron chi connectivity index (χ4n) is 1.79. The maximum absolute atomic E-state index is 11.6. The van der Waals surface area contributed by atoms with Gasteiger partial charge in [0.25, 0.3) is 0 Å². The molecular formula is C10H16N6O. The minimum Gasteiger partial charge on any atom is -0.367 e. The average Bonchev–Trinajstić information content (AvgIpc) is 2.74. The molecule has 0 spiro atoms. The van der Waals surface area contributed by atoms with Gasteiger partial charge in [0, 0.05) is 6.54 Å². The molecule has 0 saturated heterocycles. The maximum atomic E-state index is 11.6. The highest BCUT2D eigenvalue weighted by atomic mass is 16.2. The van der Waals surface area contributed by atoms with Gasteiger partial charge in [-0.15, -0.1) is 0 Å². The van der Waals surface area contributed by atoms with Crippen molar-refractivity contribution in [2.45, 2.75) is 32.2 Å². The normalized spacial score (nSPS) is 15.4. The molecule has 1 aliphatic carbocycles. The van der Waals surface area contributed by atoms with E-state index in [1.165, 1.54) is 23.1 Å². The molecule has 7 heteroatoms. The lowest BCUT2D eigenvalue weighted by Gasteiger charge is -2.13. The molecule has 1 aromatic heterocycles. The van der Waals surface area contributed by atoms with Gasteiger partial charge in [-0.3, -0.25) is 4.79 Å². The number of anilines is 1. The van der Waals surface area contributed by atoms with E-state index in [-0.39, 0.29) is 18.4 Å². The second-order valence-electron chi connectivity index (χ2n) is 4.08. The van der Waals surface area contributed by atoms with Crippen LogP contribution < -0.4 is 11.1 Å². The fraction of sp³-hybridized carbons (Fsp3) is 0.600. The van der Waals surface area contributed by atoms with Crippen LogP contribution in [0, 0.1) is 0 Å². The van der Waals surface area contributed by atoms with E-state index < -0.39 is 0 Å². The summed E-state index contributed by atoms with van der Waals surface area (Å²) in [5.41, 5.74) is 6.76. The van der Waals surface area contributed by atoms with E-state index in [4.69, 9.17) is 5.73 Å². The Morgan fingerprint density at radius 3 is 3.06 bits per heavy atom. The summed E-state index contributed by atoms with van der Waals surface area (Å²) in [5, 5.41) is 13.3. The molecule has 0 bridgehead atoms. The zero-order chi connectivity index (χ0) is 12.1. The second kappa shape index (κ2) is 5.42. The average molecular weight is 236 g/mol. The number of rotatable bonds is 4. The van der Waals surface area contributed by atoms with E-state index in [1.807, 2.05) is 0 Å². The van der Waals surface area contributed by atoms with Crippen LogP contribution in [0.25, 0.3) is 0 Å². The predicted octanol–water partition coefficient (Wildman–Crippen LogP) is -0.128. The molecular weight excluding hydrogens is 220 g/mol. The van der Waals surface area contributed by atoms with Gasteiger partial charge in [-0.2, -0.15) is 0 Å². The summed E-state index contributed by atoms with van der Waals surface area (Å²) in [6.45, 7) is 0.674. The summed E-state index contributed by atoms with van der Waals surface area (Å²) in [4.78, 5) is 11.6. The molecule has 1 heterocycles. The van der Waals surface area contributed by atoms with Crippen molar-refractivity contribution >= 4 is 11.9 Å². The van der Waals surface area contributed by atoms with Gasteiger partial charge in [0.2, 0.25) is 11.9 Å². The summed E-state index contributed by atoms with van der Waals surface area (Å²) in [6, 6.07) is 0. The van der Waals surface area contributed by atoms with Crippen molar-refractivity contribution in [2.24, 2.45) is 0 Å². The second-order valence-corrected chi connectivity index (χ2v) is 4.08. The van der Waals surface area contributed by atoms with Crippen LogP contribution in [0.3, 0.4) is 0 Å². The number of carbonyl (C=O) groups excluding carboxylic acids is 1. The summed E-state index contributed by atoms with van der Waals surface area (Å²) in [5.74, 6) is 0.0208. The van der Waals surface area contributed by atoms with Crippen molar-refractivity contribution in [1.29, 1.82) is 0 Å². The van der Waals surface area contributed by atoms with Gasteiger partial charge in [0.1, 0.15) is 6.54 Å². The van der Waals surface area contributed by atoms with Crippen LogP contribution in [0.15, 0.2) is 11.6 Å². The smallest absolute Gasteiger partial charge is 0.242 e. The van der Waals surface area contributed by atoms with Crippen LogP contribution in [0.4, 0.5) is 5.95 Å². The molecule has 1 aromatic rings. The van der Waals surface area contributed by atoms with Crippen molar-refractivity contribution in [1.82, 2.24) is 25.5 Å². The highest BCUT2D eigenvalue weighted by Gasteiger charge is 2.09. The molecule has 1 aliphatic rings. The lowest BCUT2D eigenvalue weighted by atomic mass is 10.00. The Morgan fingerprint density at radius 2 is 2.41 bits per heavy atom. The largest absolute Gasteiger partial charge is 0.367 e. The molecule has 3 N–H and O–H groups in total. The molecule has 17 heavy (non-hydrogen) atoms. The molecule has 0 unspecified atom stereocenters. The topological polar surface area (TPSA) is 98.7 Å². The Labute approximate surface area is 99.1 Å². The molecule has 7 nitrogen and oxygen atoms in total. The molecule has 92 valence electrons. The first kappa shape index (κ1) is 11.6. The lowest BCUT2D eigenvalue weighted by molar-refractivity contribution is -0.121. The van der Waals surface area contributed by atoms with Crippen molar-refractivity contribution in [3.05, 3.63) is 11.6 Å². The monoisotopic (exact) mass is 236 g/mol. The third-order valence-corrected chi connectivity index (χ3v) is 2.75. The third kappa shape index (κ3) is 3.27. The van der Waals surface area contributed by atoms with Crippen LogP contribution in [0.2, 0.25) is 0 Å². The van der Waals surface area contributed by atoms with Crippen LogP contribution in [-0.4, -0.2) is 32.7 Å². The van der Waals surface area contributed by atoms with Gasteiger partial charge in [-0.1, -0.05) is 16.7 Å². The number of allylic oxidation sites excluding steroid dienone is 1. The number of hydrogen-bond donors (Lipinski definition) is 2. The van der Waals surface area contributed by atoms with Gasteiger partial charge < -0.3 is 11.1 Å². The van der Waals surface area contributed by atoms with Gasteiger partial charge in [0.15, 0.2) is 0 Å². The van der Waals surface area contributed by atoms with Crippen LogP contribution >= 0.6 is 0 Å². The number of nitrogens with one attached hydrogen (secondary N) is 1. The number of amides is 1. The first-order chi connectivity index (χ1) is 8.25. The number of nitrogens with two attached hydrogens (primary N) is 1. The standard InChI is InChI=1S/C10H16N6O/c11-10-13-14-15-16(10)7-9(17)12-6-8-4-2-1-3-5-8/h4H,1-3,5-7H2,(H,12,17)(H2,11,13,15). The van der Waals surface area contributed by atoms with Crippen molar-refractivity contribution in [3.8, 4) is 0 Å². The Morgan fingerprint density at radius 1 is 1.53 bits per heavy atom. The maximum Gasteiger partial charge on any atom is 0.242 e. The molecule has 0 atom stereocenters. The SMILES string of the molecule is Nc1nnnn1CC(=O)NCC1=CCCCC1.